The molecule has 1 aliphatic rings. The topological polar surface area (TPSA) is 63.3 Å². The van der Waals surface area contributed by atoms with Crippen molar-refractivity contribution < 1.29 is 9.21 Å². The van der Waals surface area contributed by atoms with Crippen molar-refractivity contribution in [1.82, 2.24) is 20.0 Å². The number of nitrogens with zero attached hydrogens (tertiary/aromatic N) is 3. The van der Waals surface area contributed by atoms with Gasteiger partial charge in [0.05, 0.1) is 12.2 Å². The zero-order valence-electron chi connectivity index (χ0n) is 14.7. The quantitative estimate of drug-likeness (QED) is 0.916. The third kappa shape index (κ3) is 3.80. The first-order chi connectivity index (χ1) is 11.5. The van der Waals surface area contributed by atoms with Gasteiger partial charge < -0.3 is 14.6 Å². The lowest BCUT2D eigenvalue weighted by Crippen LogP contribution is -2.43. The molecule has 0 radical (unpaired) electrons. The molecule has 24 heavy (non-hydrogen) atoms. The van der Waals surface area contributed by atoms with Crippen LogP contribution in [0.5, 0.6) is 0 Å². The molecule has 2 aromatic heterocycles. The molecule has 0 aromatic carbocycles. The lowest BCUT2D eigenvalue weighted by molar-refractivity contribution is 0.189. The molecule has 6 heteroatoms. The summed E-state index contributed by atoms with van der Waals surface area (Å²) in [4.78, 5) is 14.6. The van der Waals surface area contributed by atoms with Gasteiger partial charge in [-0.2, -0.15) is 5.10 Å². The van der Waals surface area contributed by atoms with Crippen LogP contribution in [0.15, 0.2) is 28.9 Å². The van der Waals surface area contributed by atoms with Gasteiger partial charge in [-0.1, -0.05) is 0 Å². The smallest absolute Gasteiger partial charge is 0.318 e. The predicted molar refractivity (Wildman–Crippen MR) is 91.6 cm³/mol. The van der Waals surface area contributed by atoms with Gasteiger partial charge in [-0.15, -0.1) is 0 Å². The van der Waals surface area contributed by atoms with E-state index in [9.17, 15) is 4.79 Å². The molecule has 130 valence electrons. The van der Waals surface area contributed by atoms with E-state index < -0.39 is 0 Å². The maximum atomic E-state index is 12.6. The minimum Gasteiger partial charge on any atom is -0.466 e. The van der Waals surface area contributed by atoms with Crippen LogP contribution in [0.2, 0.25) is 0 Å². The molecule has 0 aliphatic carbocycles. The maximum absolute atomic E-state index is 12.6. The summed E-state index contributed by atoms with van der Waals surface area (Å²) in [7, 11) is 1.90. The van der Waals surface area contributed by atoms with Gasteiger partial charge in [-0.05, 0) is 45.2 Å². The van der Waals surface area contributed by atoms with Crippen LogP contribution in [0.4, 0.5) is 4.79 Å². The van der Waals surface area contributed by atoms with Crippen LogP contribution in [0.3, 0.4) is 0 Å². The lowest BCUT2D eigenvalue weighted by atomic mass is 10.1. The lowest BCUT2D eigenvalue weighted by Gasteiger charge is -2.26. The molecule has 0 saturated carbocycles. The number of aromatic nitrogens is 2. The number of aryl methyl sites for hydroxylation is 3. The highest BCUT2D eigenvalue weighted by Crippen LogP contribution is 2.31. The summed E-state index contributed by atoms with van der Waals surface area (Å²) in [6.07, 6.45) is 7.59. The van der Waals surface area contributed by atoms with E-state index in [0.717, 1.165) is 49.3 Å². The Kier molecular flexibility index (Phi) is 4.92. The number of nitrogens with one attached hydrogen (secondary N) is 1. The molecule has 1 aliphatic heterocycles. The number of carbonyl (C=O) groups excluding carboxylic acids is 1. The number of rotatable bonds is 5. The second kappa shape index (κ2) is 7.11. The van der Waals surface area contributed by atoms with Crippen LogP contribution in [0.1, 0.15) is 49.3 Å². The monoisotopic (exact) mass is 330 g/mol. The highest BCUT2D eigenvalue weighted by Gasteiger charge is 2.31. The van der Waals surface area contributed by atoms with Gasteiger partial charge in [0.15, 0.2) is 0 Å². The molecule has 1 N–H and O–H groups in total. The molecule has 2 atom stereocenters. The Balaban J connectivity index is 1.53. The van der Waals surface area contributed by atoms with E-state index in [0.29, 0.717) is 0 Å². The molecule has 2 aromatic rings. The van der Waals surface area contributed by atoms with Gasteiger partial charge in [-0.3, -0.25) is 4.68 Å². The van der Waals surface area contributed by atoms with Crippen molar-refractivity contribution in [2.24, 2.45) is 7.05 Å². The molecule has 0 spiro atoms. The van der Waals surface area contributed by atoms with E-state index in [1.165, 1.54) is 0 Å². The number of carbonyl (C=O) groups is 1. The summed E-state index contributed by atoms with van der Waals surface area (Å²) < 4.78 is 7.37. The Morgan fingerprint density at radius 3 is 3.00 bits per heavy atom. The Morgan fingerprint density at radius 2 is 2.33 bits per heavy atom. The van der Waals surface area contributed by atoms with Crippen LogP contribution in [0, 0.1) is 6.92 Å². The van der Waals surface area contributed by atoms with E-state index in [1.807, 2.05) is 50.3 Å². The average Bonchev–Trinajstić information content (AvgIpc) is 3.25. The first-order valence-corrected chi connectivity index (χ1v) is 8.64. The number of urea groups is 1. The standard InChI is InChI=1S/C18H26N4O2/c1-13(6-8-16-9-7-14(2)24-16)20-18(23)22-10-4-5-17(22)15-11-19-21(3)12-15/h7,9,11-13,17H,4-6,8,10H2,1-3H3,(H,20,23)/t13-,17+/m1/s1. The zero-order valence-corrected chi connectivity index (χ0v) is 14.7. The van der Waals surface area contributed by atoms with Gasteiger partial charge in [-0.25, -0.2) is 4.79 Å². The van der Waals surface area contributed by atoms with Crippen molar-refractivity contribution in [3.8, 4) is 0 Å². The molecule has 2 amide bonds. The summed E-state index contributed by atoms with van der Waals surface area (Å²) >= 11 is 0. The van der Waals surface area contributed by atoms with Crippen molar-refractivity contribution in [3.05, 3.63) is 41.6 Å². The van der Waals surface area contributed by atoms with Crippen molar-refractivity contribution >= 4 is 6.03 Å². The fourth-order valence-corrected chi connectivity index (χ4v) is 3.31. The minimum atomic E-state index is 0.0180. The highest BCUT2D eigenvalue weighted by molar-refractivity contribution is 5.75. The van der Waals surface area contributed by atoms with Crippen molar-refractivity contribution in [3.63, 3.8) is 0 Å². The normalized spacial score (nSPS) is 18.8. The predicted octanol–water partition coefficient (Wildman–Crippen LogP) is 3.19. The van der Waals surface area contributed by atoms with E-state index in [-0.39, 0.29) is 18.1 Å². The SMILES string of the molecule is Cc1ccc(CC[C@@H](C)NC(=O)N2CCC[C@H]2c2cnn(C)c2)o1. The number of amides is 2. The molecular weight excluding hydrogens is 304 g/mol. The summed E-state index contributed by atoms with van der Waals surface area (Å²) in [5, 5.41) is 7.35. The number of likely N-dealkylation sites (tertiary alicyclic amines) is 1. The summed E-state index contributed by atoms with van der Waals surface area (Å²) in [5.41, 5.74) is 1.11. The second-order valence-electron chi connectivity index (χ2n) is 6.70. The van der Waals surface area contributed by atoms with Crippen LogP contribution in [-0.4, -0.2) is 33.3 Å². The van der Waals surface area contributed by atoms with Crippen molar-refractivity contribution in [1.29, 1.82) is 0 Å². The Labute approximate surface area is 142 Å². The summed E-state index contributed by atoms with van der Waals surface area (Å²) in [5.74, 6) is 1.90. The van der Waals surface area contributed by atoms with E-state index in [2.05, 4.69) is 10.4 Å². The molecule has 6 nitrogen and oxygen atoms in total. The summed E-state index contributed by atoms with van der Waals surface area (Å²) in [6, 6.07) is 4.24. The maximum Gasteiger partial charge on any atom is 0.318 e. The number of hydrogen-bond donors (Lipinski definition) is 1. The third-order valence-corrected chi connectivity index (χ3v) is 4.61. The Hall–Kier alpha value is -2.24. The first kappa shape index (κ1) is 16.6. The zero-order chi connectivity index (χ0) is 17.1. The molecular formula is C18H26N4O2. The number of hydrogen-bond acceptors (Lipinski definition) is 3. The average molecular weight is 330 g/mol. The first-order valence-electron chi connectivity index (χ1n) is 8.64. The van der Waals surface area contributed by atoms with E-state index >= 15 is 0 Å². The van der Waals surface area contributed by atoms with E-state index in [1.54, 1.807) is 4.68 Å². The van der Waals surface area contributed by atoms with Gasteiger partial charge in [0.25, 0.3) is 0 Å². The summed E-state index contributed by atoms with van der Waals surface area (Å²) in [6.45, 7) is 4.79. The number of furan rings is 1. The van der Waals surface area contributed by atoms with Gasteiger partial charge >= 0.3 is 6.03 Å². The highest BCUT2D eigenvalue weighted by atomic mass is 16.3. The van der Waals surface area contributed by atoms with Crippen LogP contribution < -0.4 is 5.32 Å². The Bertz CT molecular complexity index is 691. The largest absolute Gasteiger partial charge is 0.466 e. The molecule has 1 fully saturated rings. The van der Waals surface area contributed by atoms with Crippen LogP contribution >= 0.6 is 0 Å². The molecule has 0 unspecified atom stereocenters. The van der Waals surface area contributed by atoms with Crippen LogP contribution in [0.25, 0.3) is 0 Å². The molecule has 3 rings (SSSR count). The minimum absolute atomic E-state index is 0.0180. The fourth-order valence-electron chi connectivity index (χ4n) is 3.31. The fraction of sp³-hybridized carbons (Fsp3) is 0.556. The molecule has 3 heterocycles. The third-order valence-electron chi connectivity index (χ3n) is 4.61. The van der Waals surface area contributed by atoms with Gasteiger partial charge in [0.2, 0.25) is 0 Å². The van der Waals surface area contributed by atoms with Crippen molar-refractivity contribution in [2.75, 3.05) is 6.54 Å². The molecule has 0 bridgehead atoms. The van der Waals surface area contributed by atoms with Gasteiger partial charge in [0.1, 0.15) is 11.5 Å². The second-order valence-corrected chi connectivity index (χ2v) is 6.70. The van der Waals surface area contributed by atoms with E-state index in [4.69, 9.17) is 4.42 Å². The molecule has 1 saturated heterocycles. The van der Waals surface area contributed by atoms with Crippen LogP contribution in [-0.2, 0) is 13.5 Å². The Morgan fingerprint density at radius 1 is 1.50 bits per heavy atom. The van der Waals surface area contributed by atoms with Gasteiger partial charge in [0, 0.05) is 37.8 Å². The van der Waals surface area contributed by atoms with Crippen molar-refractivity contribution in [2.45, 2.75) is 51.6 Å².